The van der Waals surface area contributed by atoms with Gasteiger partial charge in [-0.1, -0.05) is 78.9 Å². The molecule has 0 amide bonds. The van der Waals surface area contributed by atoms with Crippen LogP contribution in [0.5, 0.6) is 17.2 Å². The molecule has 0 spiro atoms. The molecule has 0 fully saturated rings. The van der Waals surface area contributed by atoms with E-state index < -0.39 is 17.2 Å². The third kappa shape index (κ3) is 3.66. The Hall–Kier alpha value is -5.68. The minimum absolute atomic E-state index is 0.442. The molecule has 0 bridgehead atoms. The first-order valence-corrected chi connectivity index (χ1v) is 14.4. The van der Waals surface area contributed by atoms with E-state index in [0.29, 0.717) is 11.1 Å². The standard InChI is InChI=1S/C39H26O5/c1-42-26-14-10-24(11-15-26)39(25-12-16-27(43-2)17-13-25)21-20-23-22-34(28-6-3-4-7-31(28)38(23)44-39)29-18-19-33-35-30(29)8-5-9-32(35)36(40)37(33)41/h3-22H,1-2H3. The number of hydrogen-bond donors (Lipinski definition) is 0. The van der Waals surface area contributed by atoms with E-state index in [1.165, 1.54) is 0 Å². The van der Waals surface area contributed by atoms with E-state index in [9.17, 15) is 9.59 Å². The number of hydrogen-bond acceptors (Lipinski definition) is 5. The summed E-state index contributed by atoms with van der Waals surface area (Å²) in [6.45, 7) is 0. The lowest BCUT2D eigenvalue weighted by Gasteiger charge is -2.37. The van der Waals surface area contributed by atoms with Crippen molar-refractivity contribution in [1.29, 1.82) is 0 Å². The molecule has 0 unspecified atom stereocenters. The summed E-state index contributed by atoms with van der Waals surface area (Å²) in [5, 5.41) is 3.59. The number of methoxy groups -OCH3 is 2. The second-order valence-corrected chi connectivity index (χ2v) is 11.1. The highest BCUT2D eigenvalue weighted by Gasteiger charge is 2.38. The number of carbonyl (C=O) groups is 2. The molecule has 44 heavy (non-hydrogen) atoms. The largest absolute Gasteiger partial charge is 0.497 e. The van der Waals surface area contributed by atoms with Crippen molar-refractivity contribution < 1.29 is 23.8 Å². The van der Waals surface area contributed by atoms with Gasteiger partial charge in [-0.15, -0.1) is 0 Å². The van der Waals surface area contributed by atoms with Gasteiger partial charge in [-0.2, -0.15) is 0 Å². The summed E-state index contributed by atoms with van der Waals surface area (Å²) < 4.78 is 18.0. The topological polar surface area (TPSA) is 61.8 Å². The molecular weight excluding hydrogens is 548 g/mol. The molecule has 0 N–H and O–H groups in total. The molecule has 6 aromatic carbocycles. The molecule has 0 aromatic heterocycles. The van der Waals surface area contributed by atoms with Crippen LogP contribution >= 0.6 is 0 Å². The predicted molar refractivity (Wildman–Crippen MR) is 172 cm³/mol. The minimum Gasteiger partial charge on any atom is -0.497 e. The van der Waals surface area contributed by atoms with Gasteiger partial charge in [0.1, 0.15) is 17.2 Å². The maximum Gasteiger partial charge on any atom is 0.234 e. The summed E-state index contributed by atoms with van der Waals surface area (Å²) in [6, 6.07) is 35.6. The van der Waals surface area contributed by atoms with Gasteiger partial charge in [0.15, 0.2) is 5.60 Å². The number of Topliss-reactive ketones (excluding diaryl/α,β-unsaturated/α-hetero) is 2. The zero-order valence-corrected chi connectivity index (χ0v) is 24.1. The molecule has 0 radical (unpaired) electrons. The lowest BCUT2D eigenvalue weighted by molar-refractivity contribution is 0.0825. The first kappa shape index (κ1) is 26.0. The van der Waals surface area contributed by atoms with Gasteiger partial charge in [-0.25, -0.2) is 0 Å². The van der Waals surface area contributed by atoms with Crippen molar-refractivity contribution in [2.24, 2.45) is 0 Å². The van der Waals surface area contributed by atoms with Gasteiger partial charge in [0.25, 0.3) is 0 Å². The van der Waals surface area contributed by atoms with Crippen molar-refractivity contribution in [2.45, 2.75) is 5.60 Å². The van der Waals surface area contributed by atoms with E-state index >= 15 is 0 Å². The van der Waals surface area contributed by atoms with Crippen molar-refractivity contribution in [3.63, 3.8) is 0 Å². The van der Waals surface area contributed by atoms with Crippen molar-refractivity contribution >= 4 is 39.2 Å². The van der Waals surface area contributed by atoms with Crippen LogP contribution in [0.2, 0.25) is 0 Å². The third-order valence-corrected chi connectivity index (χ3v) is 8.85. The van der Waals surface area contributed by atoms with Gasteiger partial charge in [0.05, 0.1) is 14.2 Å². The monoisotopic (exact) mass is 574 g/mol. The quantitative estimate of drug-likeness (QED) is 0.194. The third-order valence-electron chi connectivity index (χ3n) is 8.85. The van der Waals surface area contributed by atoms with Crippen LogP contribution in [0, 0.1) is 0 Å². The first-order valence-electron chi connectivity index (χ1n) is 14.4. The van der Waals surface area contributed by atoms with E-state index in [1.807, 2.05) is 78.9 Å². The normalized spacial score (nSPS) is 14.5. The van der Waals surface area contributed by atoms with E-state index in [0.717, 1.165) is 66.6 Å². The van der Waals surface area contributed by atoms with Crippen molar-refractivity contribution in [3.05, 3.63) is 143 Å². The molecule has 2 aliphatic rings. The molecule has 1 aliphatic carbocycles. The Morgan fingerprint density at radius 3 is 1.77 bits per heavy atom. The second kappa shape index (κ2) is 9.68. The highest BCUT2D eigenvalue weighted by Crippen LogP contribution is 2.49. The maximum absolute atomic E-state index is 12.7. The molecule has 5 heteroatoms. The smallest absolute Gasteiger partial charge is 0.234 e. The van der Waals surface area contributed by atoms with Gasteiger partial charge in [0, 0.05) is 38.6 Å². The van der Waals surface area contributed by atoms with Crippen molar-refractivity contribution in [3.8, 4) is 28.4 Å². The van der Waals surface area contributed by atoms with Crippen LogP contribution in [-0.4, -0.2) is 25.8 Å². The molecule has 5 nitrogen and oxygen atoms in total. The van der Waals surface area contributed by atoms with Crippen LogP contribution in [0.4, 0.5) is 0 Å². The highest BCUT2D eigenvalue weighted by atomic mass is 16.5. The van der Waals surface area contributed by atoms with E-state index in [1.54, 1.807) is 26.4 Å². The predicted octanol–water partition coefficient (Wildman–Crippen LogP) is 8.41. The fraction of sp³-hybridized carbons (Fsp3) is 0.0769. The van der Waals surface area contributed by atoms with Gasteiger partial charge in [-0.05, 0) is 64.4 Å². The Morgan fingerprint density at radius 2 is 1.14 bits per heavy atom. The maximum atomic E-state index is 12.7. The minimum atomic E-state index is -0.904. The van der Waals surface area contributed by atoms with E-state index in [2.05, 4.69) is 30.4 Å². The number of carbonyl (C=O) groups excluding carboxylic acids is 2. The summed E-state index contributed by atoms with van der Waals surface area (Å²) in [4.78, 5) is 25.4. The summed E-state index contributed by atoms with van der Waals surface area (Å²) in [6.07, 6.45) is 4.22. The number of fused-ring (bicyclic) bond motifs is 3. The summed E-state index contributed by atoms with van der Waals surface area (Å²) in [5.41, 5.74) is 4.86. The number of rotatable bonds is 5. The van der Waals surface area contributed by atoms with Gasteiger partial charge in [0.2, 0.25) is 11.6 Å². The summed E-state index contributed by atoms with van der Waals surface area (Å²) in [5.74, 6) is 1.42. The Balaban J connectivity index is 1.36. The Kier molecular flexibility index (Phi) is 5.72. The van der Waals surface area contributed by atoms with Crippen LogP contribution in [0.25, 0.3) is 38.7 Å². The fourth-order valence-electron chi connectivity index (χ4n) is 6.65. The van der Waals surface area contributed by atoms with Gasteiger partial charge >= 0.3 is 0 Å². The SMILES string of the molecule is COc1ccc(C2(c3ccc(OC)cc3)C=Cc3cc(-c4ccc5c6c(cccc46)C(=O)C5=O)c4ccccc4c3O2)cc1. The lowest BCUT2D eigenvalue weighted by atomic mass is 9.82. The fourth-order valence-corrected chi connectivity index (χ4v) is 6.65. The molecule has 212 valence electrons. The van der Waals surface area contributed by atoms with E-state index in [4.69, 9.17) is 14.2 Å². The summed E-state index contributed by atoms with van der Waals surface area (Å²) >= 11 is 0. The second-order valence-electron chi connectivity index (χ2n) is 11.1. The van der Waals surface area contributed by atoms with Crippen LogP contribution in [0.1, 0.15) is 37.4 Å². The molecule has 1 heterocycles. The molecule has 0 saturated carbocycles. The van der Waals surface area contributed by atoms with Gasteiger partial charge in [-0.3, -0.25) is 9.59 Å². The average Bonchev–Trinajstić information content (AvgIpc) is 3.34. The number of ketones is 2. The molecular formula is C39H26O5. The van der Waals surface area contributed by atoms with Crippen LogP contribution in [-0.2, 0) is 5.60 Å². The average molecular weight is 575 g/mol. The van der Waals surface area contributed by atoms with Crippen LogP contribution < -0.4 is 14.2 Å². The molecule has 6 aromatic rings. The van der Waals surface area contributed by atoms with Crippen LogP contribution in [0.15, 0.2) is 115 Å². The summed E-state index contributed by atoms with van der Waals surface area (Å²) in [7, 11) is 3.31. The van der Waals surface area contributed by atoms with Crippen LogP contribution in [0.3, 0.4) is 0 Å². The zero-order chi connectivity index (χ0) is 30.0. The molecule has 0 atom stereocenters. The van der Waals surface area contributed by atoms with Gasteiger partial charge < -0.3 is 14.2 Å². The van der Waals surface area contributed by atoms with Crippen molar-refractivity contribution in [2.75, 3.05) is 14.2 Å². The Labute approximate surface area is 253 Å². The lowest BCUT2D eigenvalue weighted by Crippen LogP contribution is -2.34. The Morgan fingerprint density at radius 1 is 0.568 bits per heavy atom. The number of ether oxygens (including phenoxy) is 3. The zero-order valence-electron chi connectivity index (χ0n) is 24.1. The Bertz CT molecular complexity index is 2120. The number of benzene rings is 6. The first-order chi connectivity index (χ1) is 21.5. The van der Waals surface area contributed by atoms with E-state index in [-0.39, 0.29) is 0 Å². The van der Waals surface area contributed by atoms with Crippen molar-refractivity contribution in [1.82, 2.24) is 0 Å². The highest BCUT2D eigenvalue weighted by molar-refractivity contribution is 6.57. The molecule has 1 aliphatic heterocycles. The molecule has 0 saturated heterocycles. The molecule has 8 rings (SSSR count).